The molecule has 0 aliphatic heterocycles. The molecular formula is C19H19N5O4. The van der Waals surface area contributed by atoms with Crippen molar-refractivity contribution in [3.63, 3.8) is 0 Å². The average molecular weight is 381 g/mol. The van der Waals surface area contributed by atoms with Crippen molar-refractivity contribution in [1.29, 1.82) is 0 Å². The number of azide groups is 1. The van der Waals surface area contributed by atoms with Crippen molar-refractivity contribution < 1.29 is 19.4 Å². The SMILES string of the molecule is [N-]=[N+]=NNCC[C@H](NC(=O)OCC1c2ccccc2-c2ccccc21)C(=O)O. The summed E-state index contributed by atoms with van der Waals surface area (Å²) in [6, 6.07) is 14.7. The molecule has 0 heterocycles. The molecule has 2 aromatic carbocycles. The minimum atomic E-state index is -1.20. The zero-order chi connectivity index (χ0) is 19.9. The summed E-state index contributed by atoms with van der Waals surface area (Å²) in [6.45, 7) is 0.202. The normalized spacial score (nSPS) is 12.9. The Morgan fingerprint density at radius 1 is 1.14 bits per heavy atom. The van der Waals surface area contributed by atoms with Gasteiger partial charge in [0.15, 0.2) is 0 Å². The van der Waals surface area contributed by atoms with Crippen molar-refractivity contribution in [3.05, 3.63) is 70.1 Å². The Labute approximate surface area is 160 Å². The molecular weight excluding hydrogens is 362 g/mol. The highest BCUT2D eigenvalue weighted by molar-refractivity contribution is 5.81. The van der Waals surface area contributed by atoms with Gasteiger partial charge in [-0.2, -0.15) is 4.91 Å². The Balaban J connectivity index is 1.62. The molecule has 2 aromatic rings. The van der Waals surface area contributed by atoms with Gasteiger partial charge in [-0.05, 0) is 27.5 Å². The van der Waals surface area contributed by atoms with Crippen LogP contribution in [0.5, 0.6) is 0 Å². The minimum Gasteiger partial charge on any atom is -0.480 e. The molecule has 1 amide bonds. The highest BCUT2D eigenvalue weighted by Gasteiger charge is 2.29. The molecule has 144 valence electrons. The van der Waals surface area contributed by atoms with Gasteiger partial charge in [-0.3, -0.25) is 5.43 Å². The zero-order valence-electron chi connectivity index (χ0n) is 14.9. The molecule has 1 aliphatic carbocycles. The molecule has 0 saturated heterocycles. The molecule has 0 spiro atoms. The number of alkyl carbamates (subject to hydrolysis) is 1. The van der Waals surface area contributed by atoms with E-state index >= 15 is 0 Å². The maximum absolute atomic E-state index is 12.1. The molecule has 0 saturated carbocycles. The molecule has 1 atom stereocenters. The van der Waals surface area contributed by atoms with Crippen LogP contribution in [0, 0.1) is 0 Å². The number of carbonyl (C=O) groups excluding carboxylic acids is 1. The van der Waals surface area contributed by atoms with Gasteiger partial charge in [0.1, 0.15) is 12.6 Å². The van der Waals surface area contributed by atoms with Gasteiger partial charge < -0.3 is 15.2 Å². The number of carbonyl (C=O) groups is 2. The minimum absolute atomic E-state index is 0.0402. The van der Waals surface area contributed by atoms with E-state index in [1.807, 2.05) is 48.5 Å². The highest BCUT2D eigenvalue weighted by atomic mass is 16.5. The van der Waals surface area contributed by atoms with Crippen LogP contribution in [-0.2, 0) is 9.53 Å². The number of benzene rings is 2. The molecule has 3 N–H and O–H groups in total. The van der Waals surface area contributed by atoms with Crippen LogP contribution in [0.4, 0.5) is 4.79 Å². The number of nitrogens with zero attached hydrogens (tertiary/aromatic N) is 3. The Bertz CT molecular complexity index is 881. The summed E-state index contributed by atoms with van der Waals surface area (Å²) in [5.41, 5.74) is 14.9. The van der Waals surface area contributed by atoms with Crippen molar-refractivity contribution >= 4 is 12.1 Å². The number of fused-ring (bicyclic) bond motifs is 3. The largest absolute Gasteiger partial charge is 0.480 e. The number of carboxylic acids is 1. The lowest BCUT2D eigenvalue weighted by atomic mass is 9.98. The van der Waals surface area contributed by atoms with Crippen LogP contribution in [0.3, 0.4) is 0 Å². The summed E-state index contributed by atoms with van der Waals surface area (Å²) >= 11 is 0. The number of hydrogen-bond acceptors (Lipinski definition) is 4. The van der Waals surface area contributed by atoms with Crippen molar-refractivity contribution in [2.24, 2.45) is 5.22 Å². The predicted molar refractivity (Wildman–Crippen MR) is 101 cm³/mol. The average Bonchev–Trinajstić information content (AvgIpc) is 3.02. The van der Waals surface area contributed by atoms with Gasteiger partial charge in [0.25, 0.3) is 0 Å². The van der Waals surface area contributed by atoms with E-state index in [0.29, 0.717) is 0 Å². The summed E-state index contributed by atoms with van der Waals surface area (Å²) in [7, 11) is 0. The van der Waals surface area contributed by atoms with E-state index in [4.69, 9.17) is 10.3 Å². The molecule has 0 radical (unpaired) electrons. The van der Waals surface area contributed by atoms with E-state index < -0.39 is 18.1 Å². The fourth-order valence-corrected chi connectivity index (χ4v) is 3.33. The molecule has 0 aromatic heterocycles. The monoisotopic (exact) mass is 381 g/mol. The second-order valence-electron chi connectivity index (χ2n) is 6.25. The van der Waals surface area contributed by atoms with Gasteiger partial charge in [-0.15, -0.1) is 5.53 Å². The lowest BCUT2D eigenvalue weighted by Crippen LogP contribution is -2.42. The van der Waals surface area contributed by atoms with Crippen molar-refractivity contribution in [2.45, 2.75) is 18.4 Å². The van der Waals surface area contributed by atoms with E-state index in [9.17, 15) is 14.7 Å². The third-order valence-electron chi connectivity index (χ3n) is 4.59. The Kier molecular flexibility index (Phi) is 5.98. The number of carboxylic acid groups (broad SMARTS) is 1. The van der Waals surface area contributed by atoms with Crippen LogP contribution in [0.1, 0.15) is 23.5 Å². The van der Waals surface area contributed by atoms with Crippen molar-refractivity contribution in [3.8, 4) is 11.1 Å². The first-order valence-corrected chi connectivity index (χ1v) is 8.73. The fraction of sp³-hybridized carbons (Fsp3) is 0.263. The van der Waals surface area contributed by atoms with Crippen molar-refractivity contribution in [1.82, 2.24) is 10.7 Å². The zero-order valence-corrected chi connectivity index (χ0v) is 14.9. The number of aliphatic carboxylic acids is 1. The Hall–Kier alpha value is -3.71. The van der Waals surface area contributed by atoms with E-state index in [1.54, 1.807) is 0 Å². The smallest absolute Gasteiger partial charge is 0.407 e. The summed E-state index contributed by atoms with van der Waals surface area (Å²) < 4.78 is 5.33. The van der Waals surface area contributed by atoms with E-state index in [2.05, 4.69) is 20.9 Å². The van der Waals surface area contributed by atoms with Crippen LogP contribution < -0.4 is 10.7 Å². The summed E-state index contributed by atoms with van der Waals surface area (Å²) in [5, 5.41) is 14.7. The molecule has 1 aliphatic rings. The van der Waals surface area contributed by atoms with Crippen LogP contribution in [-0.4, -0.2) is 36.4 Å². The molecule has 9 nitrogen and oxygen atoms in total. The first-order chi connectivity index (χ1) is 13.6. The fourth-order valence-electron chi connectivity index (χ4n) is 3.33. The summed E-state index contributed by atoms with van der Waals surface area (Å²) in [4.78, 5) is 25.9. The van der Waals surface area contributed by atoms with Crippen LogP contribution >= 0.6 is 0 Å². The topological polar surface area (TPSA) is 136 Å². The second-order valence-corrected chi connectivity index (χ2v) is 6.25. The van der Waals surface area contributed by atoms with Gasteiger partial charge in [0.2, 0.25) is 0 Å². The van der Waals surface area contributed by atoms with Crippen LogP contribution in [0.2, 0.25) is 0 Å². The van der Waals surface area contributed by atoms with E-state index in [-0.39, 0.29) is 25.5 Å². The van der Waals surface area contributed by atoms with Gasteiger partial charge in [0, 0.05) is 12.3 Å². The number of rotatable bonds is 8. The van der Waals surface area contributed by atoms with Gasteiger partial charge in [-0.1, -0.05) is 48.5 Å². The lowest BCUT2D eigenvalue weighted by Gasteiger charge is -2.17. The number of ether oxygens (including phenoxy) is 1. The predicted octanol–water partition coefficient (Wildman–Crippen LogP) is 3.18. The third-order valence-corrected chi connectivity index (χ3v) is 4.59. The molecule has 3 rings (SSSR count). The standard InChI is InChI=1S/C19H19N5O4/c20-23-24-21-10-9-17(18(25)26)22-19(27)28-11-16-14-7-3-1-5-12(14)13-6-2-4-8-15(13)16/h1-8,16-17,21H,9-11H2,(H,22,27)(H,25,26)/t17-/m0/s1. The first kappa shape index (κ1) is 19.1. The second kappa shape index (κ2) is 8.79. The molecule has 28 heavy (non-hydrogen) atoms. The van der Waals surface area contributed by atoms with E-state index in [1.165, 1.54) is 0 Å². The third kappa shape index (κ3) is 4.16. The molecule has 0 unspecified atom stereocenters. The summed E-state index contributed by atoms with van der Waals surface area (Å²) in [5.74, 6) is -1.30. The Morgan fingerprint density at radius 3 is 2.32 bits per heavy atom. The van der Waals surface area contributed by atoms with Gasteiger partial charge >= 0.3 is 12.1 Å². The quantitative estimate of drug-likeness (QED) is 0.212. The Morgan fingerprint density at radius 2 is 1.75 bits per heavy atom. The summed E-state index contributed by atoms with van der Waals surface area (Å²) in [6.07, 6.45) is -0.767. The number of hydrogen-bond donors (Lipinski definition) is 3. The maximum Gasteiger partial charge on any atom is 0.407 e. The molecule has 0 bridgehead atoms. The van der Waals surface area contributed by atoms with Crippen molar-refractivity contribution in [2.75, 3.05) is 13.2 Å². The van der Waals surface area contributed by atoms with Crippen LogP contribution in [0.25, 0.3) is 21.6 Å². The molecule has 9 heteroatoms. The maximum atomic E-state index is 12.1. The highest BCUT2D eigenvalue weighted by Crippen LogP contribution is 2.44. The van der Waals surface area contributed by atoms with Gasteiger partial charge in [-0.25, -0.2) is 9.59 Å². The molecule has 0 fully saturated rings. The number of nitrogens with one attached hydrogen (secondary N) is 2. The van der Waals surface area contributed by atoms with Crippen LogP contribution in [0.15, 0.2) is 53.8 Å². The number of amides is 1. The lowest BCUT2D eigenvalue weighted by molar-refractivity contribution is -0.139. The van der Waals surface area contributed by atoms with E-state index in [0.717, 1.165) is 22.3 Å². The van der Waals surface area contributed by atoms with Gasteiger partial charge in [0.05, 0.1) is 6.54 Å². The first-order valence-electron chi connectivity index (χ1n) is 8.73.